The van der Waals surface area contributed by atoms with Crippen molar-refractivity contribution in [3.05, 3.63) is 0 Å². The van der Waals surface area contributed by atoms with Crippen molar-refractivity contribution in [2.45, 2.75) is 50.8 Å². The number of sulfone groups is 1. The second kappa shape index (κ2) is 3.48. The molecule has 5 nitrogen and oxygen atoms in total. The lowest BCUT2D eigenvalue weighted by Gasteiger charge is -2.27. The molecule has 0 amide bonds. The van der Waals surface area contributed by atoms with Crippen LogP contribution < -0.4 is 0 Å². The molecular formula is C12H18O5S. The van der Waals surface area contributed by atoms with Gasteiger partial charge in [-0.3, -0.25) is 4.79 Å². The van der Waals surface area contributed by atoms with E-state index in [1.54, 1.807) is 20.8 Å². The Morgan fingerprint density at radius 2 is 2.00 bits per heavy atom. The van der Waals surface area contributed by atoms with Gasteiger partial charge in [0.2, 0.25) is 0 Å². The number of hydrogen-bond donors (Lipinski definition) is 0. The van der Waals surface area contributed by atoms with Gasteiger partial charge in [0.15, 0.2) is 9.84 Å². The summed E-state index contributed by atoms with van der Waals surface area (Å²) >= 11 is 0. The molecule has 2 bridgehead atoms. The Bertz CT molecular complexity index is 489. The smallest absolute Gasteiger partial charge is 0.311 e. The minimum Gasteiger partial charge on any atom is -0.459 e. The number of carbonyl (C=O) groups is 1. The highest BCUT2D eigenvalue weighted by Gasteiger charge is 2.65. The number of esters is 1. The van der Waals surface area contributed by atoms with Crippen LogP contribution in [-0.2, 0) is 24.1 Å². The third-order valence-electron chi connectivity index (χ3n) is 4.11. The fraction of sp³-hybridized carbons (Fsp3) is 0.917. The fourth-order valence-corrected chi connectivity index (χ4v) is 5.48. The summed E-state index contributed by atoms with van der Waals surface area (Å²) in [6, 6.07) is 0. The van der Waals surface area contributed by atoms with Crippen LogP contribution in [0, 0.1) is 11.3 Å². The molecule has 3 heterocycles. The first-order chi connectivity index (χ1) is 8.20. The molecule has 18 heavy (non-hydrogen) atoms. The number of hydrogen-bond acceptors (Lipinski definition) is 5. The lowest BCUT2D eigenvalue weighted by atomic mass is 9.87. The molecule has 0 saturated carbocycles. The first-order valence-electron chi connectivity index (χ1n) is 6.28. The van der Waals surface area contributed by atoms with Crippen molar-refractivity contribution in [1.29, 1.82) is 0 Å². The largest absolute Gasteiger partial charge is 0.459 e. The van der Waals surface area contributed by atoms with Crippen molar-refractivity contribution in [2.24, 2.45) is 11.3 Å². The number of carbonyl (C=O) groups excluding carboxylic acids is 1. The molecule has 5 atom stereocenters. The molecule has 6 heteroatoms. The predicted molar refractivity (Wildman–Crippen MR) is 63.7 cm³/mol. The summed E-state index contributed by atoms with van der Waals surface area (Å²) in [5.41, 5.74) is -0.571. The van der Waals surface area contributed by atoms with E-state index in [4.69, 9.17) is 9.47 Å². The van der Waals surface area contributed by atoms with Crippen LogP contribution in [0.4, 0.5) is 0 Å². The molecule has 0 aliphatic carbocycles. The molecule has 3 aliphatic rings. The van der Waals surface area contributed by atoms with Gasteiger partial charge in [-0.15, -0.1) is 0 Å². The first kappa shape index (κ1) is 12.4. The summed E-state index contributed by atoms with van der Waals surface area (Å²) in [4.78, 5) is 11.9. The van der Waals surface area contributed by atoms with E-state index in [9.17, 15) is 13.2 Å². The van der Waals surface area contributed by atoms with Crippen LogP contribution in [0.25, 0.3) is 0 Å². The van der Waals surface area contributed by atoms with Gasteiger partial charge in [0, 0.05) is 5.92 Å². The van der Waals surface area contributed by atoms with Crippen molar-refractivity contribution in [3.63, 3.8) is 0 Å². The third-order valence-corrected chi connectivity index (χ3v) is 6.35. The van der Waals surface area contributed by atoms with Crippen LogP contribution in [0.2, 0.25) is 0 Å². The molecule has 5 unspecified atom stereocenters. The predicted octanol–water partition coefficient (Wildman–Crippen LogP) is 0.529. The van der Waals surface area contributed by atoms with Gasteiger partial charge in [0.05, 0.1) is 28.6 Å². The van der Waals surface area contributed by atoms with E-state index in [2.05, 4.69) is 0 Å². The molecule has 3 rings (SSSR count). The minimum absolute atomic E-state index is 0.0981. The number of rotatable bonds is 1. The normalized spacial score (nSPS) is 44.3. The molecule has 3 aliphatic heterocycles. The van der Waals surface area contributed by atoms with E-state index < -0.39 is 15.3 Å². The third kappa shape index (κ3) is 1.61. The van der Waals surface area contributed by atoms with E-state index in [-0.39, 0.29) is 41.2 Å². The van der Waals surface area contributed by atoms with E-state index in [1.165, 1.54) is 0 Å². The molecule has 0 spiro atoms. The van der Waals surface area contributed by atoms with Gasteiger partial charge in [-0.1, -0.05) is 0 Å². The second-order valence-corrected chi connectivity index (χ2v) is 8.79. The van der Waals surface area contributed by atoms with E-state index in [0.29, 0.717) is 6.42 Å². The first-order valence-corrected chi connectivity index (χ1v) is 8.00. The maximum Gasteiger partial charge on any atom is 0.311 e. The van der Waals surface area contributed by atoms with Gasteiger partial charge in [0.25, 0.3) is 0 Å². The van der Waals surface area contributed by atoms with E-state index in [0.717, 1.165) is 0 Å². The Morgan fingerprint density at radius 1 is 1.33 bits per heavy atom. The lowest BCUT2D eigenvalue weighted by Crippen LogP contribution is -2.40. The Hall–Kier alpha value is -0.620. The highest BCUT2D eigenvalue weighted by molar-refractivity contribution is 7.92. The Morgan fingerprint density at radius 3 is 2.61 bits per heavy atom. The zero-order chi connectivity index (χ0) is 13.3. The van der Waals surface area contributed by atoms with Crippen LogP contribution in [0.5, 0.6) is 0 Å². The van der Waals surface area contributed by atoms with E-state index >= 15 is 0 Å². The average Bonchev–Trinajstić information content (AvgIpc) is 2.80. The summed E-state index contributed by atoms with van der Waals surface area (Å²) in [5, 5.41) is -0.364. The fourth-order valence-electron chi connectivity index (χ4n) is 3.16. The molecule has 3 saturated heterocycles. The van der Waals surface area contributed by atoms with Crippen molar-refractivity contribution in [2.75, 3.05) is 5.75 Å². The molecule has 0 aromatic rings. The topological polar surface area (TPSA) is 69.7 Å². The van der Waals surface area contributed by atoms with Crippen molar-refractivity contribution >= 4 is 15.8 Å². The zero-order valence-electron chi connectivity index (χ0n) is 10.8. The highest BCUT2D eigenvalue weighted by atomic mass is 32.2. The molecule has 0 aromatic heterocycles. The molecule has 0 aromatic carbocycles. The van der Waals surface area contributed by atoms with Crippen molar-refractivity contribution < 1.29 is 22.7 Å². The van der Waals surface area contributed by atoms with Gasteiger partial charge in [-0.2, -0.15) is 0 Å². The average molecular weight is 274 g/mol. The molecular weight excluding hydrogens is 256 g/mol. The van der Waals surface area contributed by atoms with Gasteiger partial charge in [-0.05, 0) is 27.2 Å². The Kier molecular flexibility index (Phi) is 2.40. The maximum atomic E-state index is 11.9. The zero-order valence-corrected chi connectivity index (χ0v) is 11.6. The van der Waals surface area contributed by atoms with Crippen LogP contribution >= 0.6 is 0 Å². The number of fused-ring (bicyclic) bond motifs is 1. The number of ether oxygens (including phenoxy) is 2. The summed E-state index contributed by atoms with van der Waals surface area (Å²) in [6.45, 7) is 5.37. The van der Waals surface area contributed by atoms with E-state index in [1.807, 2.05) is 0 Å². The molecule has 0 radical (unpaired) electrons. The highest BCUT2D eigenvalue weighted by Crippen LogP contribution is 2.50. The van der Waals surface area contributed by atoms with Crippen molar-refractivity contribution in [1.82, 2.24) is 0 Å². The SMILES string of the molecule is CC(C)(C)C(=O)OC1C2CC3C(O2)C1CS3(=O)=O. The monoisotopic (exact) mass is 274 g/mol. The summed E-state index contributed by atoms with van der Waals surface area (Å²) in [6.07, 6.45) is -0.382. The molecule has 3 fully saturated rings. The molecule has 0 N–H and O–H groups in total. The maximum absolute atomic E-state index is 11.9. The summed E-state index contributed by atoms with van der Waals surface area (Å²) in [5.74, 6) is -0.351. The Balaban J connectivity index is 1.80. The summed E-state index contributed by atoms with van der Waals surface area (Å²) < 4.78 is 34.9. The van der Waals surface area contributed by atoms with Gasteiger partial charge in [0.1, 0.15) is 6.10 Å². The quantitative estimate of drug-likeness (QED) is 0.652. The van der Waals surface area contributed by atoms with Crippen LogP contribution in [0.1, 0.15) is 27.2 Å². The lowest BCUT2D eigenvalue weighted by molar-refractivity contribution is -0.162. The second-order valence-electron chi connectivity index (χ2n) is 6.53. The minimum atomic E-state index is -3.05. The Labute approximate surface area is 107 Å². The van der Waals surface area contributed by atoms with Gasteiger partial charge in [-0.25, -0.2) is 8.42 Å². The van der Waals surface area contributed by atoms with Crippen molar-refractivity contribution in [3.8, 4) is 0 Å². The molecule has 102 valence electrons. The van der Waals surface area contributed by atoms with Crippen LogP contribution in [0.3, 0.4) is 0 Å². The van der Waals surface area contributed by atoms with Crippen LogP contribution in [-0.4, -0.2) is 43.7 Å². The summed E-state index contributed by atoms with van der Waals surface area (Å²) in [7, 11) is -3.05. The van der Waals surface area contributed by atoms with Gasteiger partial charge < -0.3 is 9.47 Å². The van der Waals surface area contributed by atoms with Gasteiger partial charge >= 0.3 is 5.97 Å². The standard InChI is InChI=1S/C12H18O5S/c1-12(2,3)11(13)17-9-6-5-18(14,15)8-4-7(9)16-10(6)8/h6-10H,4-5H2,1-3H3. The van der Waals surface area contributed by atoms with Crippen LogP contribution in [0.15, 0.2) is 0 Å².